The number of nitrogens with one attached hydrogen (secondary N) is 1. The number of hydrogen-bond donors (Lipinski definition) is 2. The number of methoxy groups -OCH3 is 1. The van der Waals surface area contributed by atoms with Crippen LogP contribution < -0.4 is 20.5 Å². The molecule has 0 saturated heterocycles. The largest absolute Gasteiger partial charge is 0.497 e. The van der Waals surface area contributed by atoms with Crippen LogP contribution in [0.25, 0.3) is 11.3 Å². The van der Waals surface area contributed by atoms with Gasteiger partial charge in [0.2, 0.25) is 11.9 Å². The van der Waals surface area contributed by atoms with E-state index in [0.29, 0.717) is 34.7 Å². The number of nitrogens with two attached hydrogens (primary N) is 1. The molecule has 0 aliphatic carbocycles. The average molecular weight is 447 g/mol. The number of carbonyl (C=O) groups is 2. The van der Waals surface area contributed by atoms with E-state index in [4.69, 9.17) is 15.2 Å². The molecule has 0 saturated carbocycles. The number of amides is 2. The van der Waals surface area contributed by atoms with Gasteiger partial charge in [0.25, 0.3) is 5.91 Å². The lowest BCUT2D eigenvalue weighted by atomic mass is 9.95. The van der Waals surface area contributed by atoms with E-state index < -0.39 is 5.92 Å². The summed E-state index contributed by atoms with van der Waals surface area (Å²) in [5.74, 6) is 0.710. The Kier molecular flexibility index (Phi) is 6.12. The van der Waals surface area contributed by atoms with Crippen molar-refractivity contribution >= 4 is 23.5 Å². The first-order chi connectivity index (χ1) is 15.9. The topological polar surface area (TPSA) is 120 Å². The molecule has 0 bridgehead atoms. The fourth-order valence-corrected chi connectivity index (χ4v) is 3.67. The third kappa shape index (κ3) is 4.72. The summed E-state index contributed by atoms with van der Waals surface area (Å²) in [5, 5.41) is 2.91. The second-order valence-corrected chi connectivity index (χ2v) is 7.93. The summed E-state index contributed by atoms with van der Waals surface area (Å²) in [6.07, 6.45) is 2.06. The highest BCUT2D eigenvalue weighted by Crippen LogP contribution is 2.32. The average Bonchev–Trinajstić information content (AvgIpc) is 2.83. The molecular formula is C24H25N5O4. The summed E-state index contributed by atoms with van der Waals surface area (Å²) >= 11 is 0. The summed E-state index contributed by atoms with van der Waals surface area (Å²) in [6.45, 7) is 0.250. The molecule has 0 radical (unpaired) electrons. The lowest BCUT2D eigenvalue weighted by Crippen LogP contribution is -2.33. The molecule has 33 heavy (non-hydrogen) atoms. The molecule has 2 aromatic carbocycles. The number of aromatic nitrogens is 2. The van der Waals surface area contributed by atoms with Crippen molar-refractivity contribution in [1.82, 2.24) is 14.9 Å². The Labute approximate surface area is 191 Å². The Bertz CT molecular complexity index is 1210. The van der Waals surface area contributed by atoms with Gasteiger partial charge in [-0.25, -0.2) is 9.97 Å². The Hall–Kier alpha value is -4.14. The Balaban J connectivity index is 1.60. The van der Waals surface area contributed by atoms with Crippen LogP contribution in [0.15, 0.2) is 48.7 Å². The molecule has 3 N–H and O–H groups in total. The number of rotatable bonds is 5. The first kappa shape index (κ1) is 22.1. The van der Waals surface area contributed by atoms with Gasteiger partial charge in [-0.1, -0.05) is 6.07 Å². The number of ether oxygens (including phenoxy) is 2. The number of carbonyl (C=O) groups excluding carboxylic acids is 2. The first-order valence-corrected chi connectivity index (χ1v) is 10.4. The number of hydrogen-bond acceptors (Lipinski definition) is 7. The molecule has 1 aliphatic rings. The van der Waals surface area contributed by atoms with Crippen LogP contribution in [0.5, 0.6) is 11.5 Å². The van der Waals surface area contributed by atoms with Gasteiger partial charge in [0.15, 0.2) is 0 Å². The smallest absolute Gasteiger partial charge is 0.255 e. The molecule has 4 rings (SSSR count). The molecular weight excluding hydrogens is 422 g/mol. The first-order valence-electron chi connectivity index (χ1n) is 10.4. The molecule has 2 heterocycles. The van der Waals surface area contributed by atoms with Crippen molar-refractivity contribution in [2.75, 3.05) is 38.9 Å². The van der Waals surface area contributed by atoms with Gasteiger partial charge in [-0.2, -0.15) is 0 Å². The van der Waals surface area contributed by atoms with Crippen molar-refractivity contribution < 1.29 is 19.1 Å². The van der Waals surface area contributed by atoms with Crippen molar-refractivity contribution in [3.05, 3.63) is 59.8 Å². The van der Waals surface area contributed by atoms with E-state index in [1.165, 1.54) is 4.90 Å². The van der Waals surface area contributed by atoms with Crippen LogP contribution in [0.3, 0.4) is 0 Å². The predicted molar refractivity (Wildman–Crippen MR) is 124 cm³/mol. The molecule has 0 fully saturated rings. The summed E-state index contributed by atoms with van der Waals surface area (Å²) < 4.78 is 11.1. The Morgan fingerprint density at radius 1 is 1.18 bits per heavy atom. The minimum absolute atomic E-state index is 0.138. The normalized spacial score (nSPS) is 14.6. The fourth-order valence-electron chi connectivity index (χ4n) is 3.67. The van der Waals surface area contributed by atoms with E-state index in [2.05, 4.69) is 15.3 Å². The number of anilines is 2. The van der Waals surface area contributed by atoms with Crippen molar-refractivity contribution in [1.29, 1.82) is 0 Å². The third-order valence-corrected chi connectivity index (χ3v) is 5.43. The quantitative estimate of drug-likeness (QED) is 0.617. The third-order valence-electron chi connectivity index (χ3n) is 5.43. The maximum atomic E-state index is 13.1. The predicted octanol–water partition coefficient (Wildman–Crippen LogP) is 2.63. The highest BCUT2D eigenvalue weighted by atomic mass is 16.5. The molecule has 0 spiro atoms. The van der Waals surface area contributed by atoms with Crippen molar-refractivity contribution in [3.63, 3.8) is 0 Å². The van der Waals surface area contributed by atoms with Gasteiger partial charge in [0.1, 0.15) is 18.1 Å². The molecule has 170 valence electrons. The van der Waals surface area contributed by atoms with Gasteiger partial charge >= 0.3 is 0 Å². The van der Waals surface area contributed by atoms with Gasteiger partial charge in [0, 0.05) is 25.9 Å². The monoisotopic (exact) mass is 447 g/mol. The molecule has 9 heteroatoms. The fraction of sp³-hybridized carbons (Fsp3) is 0.250. The summed E-state index contributed by atoms with van der Waals surface area (Å²) in [5.41, 5.74) is 8.64. The number of nitrogens with zero attached hydrogens (tertiary/aromatic N) is 3. The second kappa shape index (κ2) is 9.15. The molecule has 2 amide bonds. The number of benzene rings is 2. The molecule has 9 nitrogen and oxygen atoms in total. The van der Waals surface area contributed by atoms with E-state index in [1.54, 1.807) is 51.7 Å². The second-order valence-electron chi connectivity index (χ2n) is 7.93. The summed E-state index contributed by atoms with van der Waals surface area (Å²) in [4.78, 5) is 35.5. The van der Waals surface area contributed by atoms with Crippen molar-refractivity contribution in [2.24, 2.45) is 5.92 Å². The van der Waals surface area contributed by atoms with Crippen LogP contribution in [-0.4, -0.2) is 54.5 Å². The van der Waals surface area contributed by atoms with Gasteiger partial charge in [-0.3, -0.25) is 9.59 Å². The van der Waals surface area contributed by atoms with Crippen LogP contribution in [0, 0.1) is 5.92 Å². The zero-order chi connectivity index (χ0) is 23.5. The summed E-state index contributed by atoms with van der Waals surface area (Å²) in [6, 6.07) is 12.4. The lowest BCUT2D eigenvalue weighted by Gasteiger charge is -2.25. The molecule has 3 aromatic rings. The zero-order valence-corrected chi connectivity index (χ0v) is 18.7. The number of nitrogen functional groups attached to an aromatic ring is 1. The van der Waals surface area contributed by atoms with E-state index in [1.807, 2.05) is 18.2 Å². The minimum atomic E-state index is -0.409. The molecule has 1 atom stereocenters. The van der Waals surface area contributed by atoms with Gasteiger partial charge in [0.05, 0.1) is 30.0 Å². The lowest BCUT2D eigenvalue weighted by molar-refractivity contribution is -0.121. The van der Waals surface area contributed by atoms with E-state index in [-0.39, 0.29) is 24.4 Å². The van der Waals surface area contributed by atoms with Gasteiger partial charge in [-0.05, 0) is 48.4 Å². The minimum Gasteiger partial charge on any atom is -0.497 e. The highest BCUT2D eigenvalue weighted by Gasteiger charge is 2.28. The van der Waals surface area contributed by atoms with Crippen molar-refractivity contribution in [3.8, 4) is 22.8 Å². The zero-order valence-electron chi connectivity index (χ0n) is 18.7. The van der Waals surface area contributed by atoms with Crippen LogP contribution in [-0.2, 0) is 11.2 Å². The molecule has 1 aliphatic heterocycles. The van der Waals surface area contributed by atoms with Crippen LogP contribution in [0.1, 0.15) is 15.9 Å². The standard InChI is InChI=1S/C24H25N5O4/c1-29(2)23(31)18-12-14(19-8-9-26-24(25)28-19)4-6-20(18)27-22(30)16-10-15-11-17(32-3)5-7-21(15)33-13-16/h4-9,11-12,16H,10,13H2,1-3H3,(H,27,30)(H2,25,26,28)/t16-/m1/s1. The van der Waals surface area contributed by atoms with Gasteiger partial charge < -0.3 is 25.4 Å². The maximum Gasteiger partial charge on any atom is 0.255 e. The van der Waals surface area contributed by atoms with Crippen LogP contribution in [0.4, 0.5) is 11.6 Å². The summed E-state index contributed by atoms with van der Waals surface area (Å²) in [7, 11) is 4.91. The van der Waals surface area contributed by atoms with E-state index in [9.17, 15) is 9.59 Å². The van der Waals surface area contributed by atoms with Gasteiger partial charge in [-0.15, -0.1) is 0 Å². The molecule has 1 aromatic heterocycles. The van der Waals surface area contributed by atoms with Crippen molar-refractivity contribution in [2.45, 2.75) is 6.42 Å². The highest BCUT2D eigenvalue weighted by molar-refractivity contribution is 6.05. The van der Waals surface area contributed by atoms with Crippen LogP contribution >= 0.6 is 0 Å². The maximum absolute atomic E-state index is 13.1. The Morgan fingerprint density at radius 2 is 2.00 bits per heavy atom. The SMILES string of the molecule is COc1ccc2c(c1)C[C@@H](C(=O)Nc1ccc(-c3ccnc(N)n3)cc1C(=O)N(C)C)CO2. The van der Waals surface area contributed by atoms with Crippen LogP contribution in [0.2, 0.25) is 0 Å². The Morgan fingerprint density at radius 3 is 2.73 bits per heavy atom. The number of fused-ring (bicyclic) bond motifs is 1. The molecule has 0 unspecified atom stereocenters. The van der Waals surface area contributed by atoms with E-state index >= 15 is 0 Å². The van der Waals surface area contributed by atoms with E-state index in [0.717, 1.165) is 11.3 Å².